The van der Waals surface area contributed by atoms with E-state index in [-0.39, 0.29) is 31.7 Å². The maximum atomic E-state index is 12.5. The second-order valence-electron chi connectivity index (χ2n) is 4.55. The SMILES string of the molecule is COc1ccc(CN(CCCO)CC(F)(F)F)cc1C#N. The summed E-state index contributed by atoms with van der Waals surface area (Å²) in [5, 5.41) is 17.7. The maximum absolute atomic E-state index is 12.5. The summed E-state index contributed by atoms with van der Waals surface area (Å²) in [5.41, 5.74) is 0.874. The molecule has 0 saturated carbocycles. The van der Waals surface area contributed by atoms with E-state index in [0.717, 1.165) is 0 Å². The first kappa shape index (κ1) is 17.3. The van der Waals surface area contributed by atoms with Gasteiger partial charge in [-0.05, 0) is 24.1 Å². The van der Waals surface area contributed by atoms with Crippen LogP contribution in [0.5, 0.6) is 5.75 Å². The Morgan fingerprint density at radius 1 is 1.38 bits per heavy atom. The molecule has 0 aliphatic heterocycles. The lowest BCUT2D eigenvalue weighted by Gasteiger charge is -2.23. The highest BCUT2D eigenvalue weighted by Gasteiger charge is 2.30. The van der Waals surface area contributed by atoms with Gasteiger partial charge < -0.3 is 9.84 Å². The van der Waals surface area contributed by atoms with E-state index in [9.17, 15) is 13.2 Å². The molecular weight excluding hydrogens is 285 g/mol. The van der Waals surface area contributed by atoms with Gasteiger partial charge in [0.2, 0.25) is 0 Å². The summed E-state index contributed by atoms with van der Waals surface area (Å²) in [6, 6.07) is 6.65. The highest BCUT2D eigenvalue weighted by Crippen LogP contribution is 2.22. The monoisotopic (exact) mass is 302 g/mol. The van der Waals surface area contributed by atoms with Crippen molar-refractivity contribution < 1.29 is 23.0 Å². The van der Waals surface area contributed by atoms with Crippen molar-refractivity contribution in [2.24, 2.45) is 0 Å². The summed E-state index contributed by atoms with van der Waals surface area (Å²) in [5.74, 6) is 0.388. The summed E-state index contributed by atoms with van der Waals surface area (Å²) >= 11 is 0. The molecule has 4 nitrogen and oxygen atoms in total. The van der Waals surface area contributed by atoms with Crippen LogP contribution in [0.2, 0.25) is 0 Å². The number of nitrogens with zero attached hydrogens (tertiary/aromatic N) is 2. The number of nitriles is 1. The first-order chi connectivity index (χ1) is 9.89. The number of hydrogen-bond donors (Lipinski definition) is 1. The van der Waals surface area contributed by atoms with Crippen LogP contribution in [-0.4, -0.2) is 43.0 Å². The third kappa shape index (κ3) is 6.02. The minimum absolute atomic E-state index is 0.0538. The Bertz CT molecular complexity index is 498. The van der Waals surface area contributed by atoms with E-state index in [4.69, 9.17) is 15.1 Å². The normalized spacial score (nSPS) is 11.5. The molecule has 7 heteroatoms. The lowest BCUT2D eigenvalue weighted by atomic mass is 10.1. The Morgan fingerprint density at radius 3 is 2.62 bits per heavy atom. The second kappa shape index (κ2) is 7.86. The highest BCUT2D eigenvalue weighted by atomic mass is 19.4. The van der Waals surface area contributed by atoms with Crippen LogP contribution in [0.3, 0.4) is 0 Å². The summed E-state index contributed by atoms with van der Waals surface area (Å²) in [7, 11) is 1.42. The molecule has 21 heavy (non-hydrogen) atoms. The van der Waals surface area contributed by atoms with Crippen LogP contribution in [0, 0.1) is 11.3 Å². The van der Waals surface area contributed by atoms with Crippen LogP contribution in [0.4, 0.5) is 13.2 Å². The number of hydrogen-bond acceptors (Lipinski definition) is 4. The average molecular weight is 302 g/mol. The van der Waals surface area contributed by atoms with E-state index >= 15 is 0 Å². The van der Waals surface area contributed by atoms with Gasteiger partial charge >= 0.3 is 6.18 Å². The maximum Gasteiger partial charge on any atom is 0.401 e. The number of rotatable bonds is 7. The van der Waals surface area contributed by atoms with Crippen LogP contribution in [0.25, 0.3) is 0 Å². The Labute approximate surface area is 121 Å². The zero-order valence-corrected chi connectivity index (χ0v) is 11.7. The molecule has 0 atom stereocenters. The van der Waals surface area contributed by atoms with Gasteiger partial charge in [0.25, 0.3) is 0 Å². The van der Waals surface area contributed by atoms with E-state index in [0.29, 0.717) is 11.3 Å². The topological polar surface area (TPSA) is 56.5 Å². The standard InChI is InChI=1S/C14H17F3N2O2/c1-21-13-4-3-11(7-12(13)8-18)9-19(5-2-6-20)10-14(15,16)17/h3-4,7,20H,2,5-6,9-10H2,1H3. The number of halogens is 3. The fourth-order valence-corrected chi connectivity index (χ4v) is 1.96. The van der Waals surface area contributed by atoms with E-state index in [1.165, 1.54) is 18.1 Å². The molecule has 0 aromatic heterocycles. The van der Waals surface area contributed by atoms with E-state index in [1.54, 1.807) is 12.1 Å². The molecule has 0 bridgehead atoms. The van der Waals surface area contributed by atoms with Crippen molar-refractivity contribution >= 4 is 0 Å². The molecule has 0 amide bonds. The van der Waals surface area contributed by atoms with Crippen molar-refractivity contribution in [3.8, 4) is 11.8 Å². The number of ether oxygens (including phenoxy) is 1. The molecule has 0 radical (unpaired) electrons. The summed E-state index contributed by atoms with van der Waals surface area (Å²) < 4.78 is 42.6. The Hall–Kier alpha value is -1.78. The van der Waals surface area contributed by atoms with Crippen molar-refractivity contribution in [2.45, 2.75) is 19.1 Å². The largest absolute Gasteiger partial charge is 0.495 e. The molecule has 0 saturated heterocycles. The third-order valence-corrected chi connectivity index (χ3v) is 2.83. The van der Waals surface area contributed by atoms with Crippen LogP contribution >= 0.6 is 0 Å². The number of aliphatic hydroxyl groups is 1. The molecule has 0 heterocycles. The molecular formula is C14H17F3N2O2. The van der Waals surface area contributed by atoms with Gasteiger partial charge in [0.15, 0.2) is 0 Å². The van der Waals surface area contributed by atoms with Crippen molar-refractivity contribution in [3.05, 3.63) is 29.3 Å². The highest BCUT2D eigenvalue weighted by molar-refractivity contribution is 5.45. The molecule has 1 rings (SSSR count). The molecule has 1 aromatic rings. The molecule has 116 valence electrons. The van der Waals surface area contributed by atoms with Crippen molar-refractivity contribution in [1.29, 1.82) is 5.26 Å². The third-order valence-electron chi connectivity index (χ3n) is 2.83. The molecule has 1 N–H and O–H groups in total. The van der Waals surface area contributed by atoms with Gasteiger partial charge in [0.1, 0.15) is 11.8 Å². The Balaban J connectivity index is 2.85. The van der Waals surface area contributed by atoms with Gasteiger partial charge in [-0.25, -0.2) is 0 Å². The van der Waals surface area contributed by atoms with E-state index < -0.39 is 12.7 Å². The minimum Gasteiger partial charge on any atom is -0.495 e. The smallest absolute Gasteiger partial charge is 0.401 e. The lowest BCUT2D eigenvalue weighted by molar-refractivity contribution is -0.147. The molecule has 0 fully saturated rings. The minimum atomic E-state index is -4.31. The van der Waals surface area contributed by atoms with Gasteiger partial charge in [-0.1, -0.05) is 6.07 Å². The van der Waals surface area contributed by atoms with Gasteiger partial charge in [-0.15, -0.1) is 0 Å². The van der Waals surface area contributed by atoms with Crippen molar-refractivity contribution in [2.75, 3.05) is 26.8 Å². The molecule has 0 aliphatic rings. The fraction of sp³-hybridized carbons (Fsp3) is 0.500. The predicted molar refractivity (Wildman–Crippen MR) is 70.7 cm³/mol. The fourth-order valence-electron chi connectivity index (χ4n) is 1.96. The number of methoxy groups -OCH3 is 1. The number of aliphatic hydroxyl groups excluding tert-OH is 1. The van der Waals surface area contributed by atoms with Crippen LogP contribution in [-0.2, 0) is 6.54 Å². The van der Waals surface area contributed by atoms with Crippen LogP contribution in [0.1, 0.15) is 17.5 Å². The molecule has 0 unspecified atom stereocenters. The van der Waals surface area contributed by atoms with Crippen LogP contribution < -0.4 is 4.74 Å². The number of benzene rings is 1. The van der Waals surface area contributed by atoms with Gasteiger partial charge in [-0.3, -0.25) is 4.90 Å². The van der Waals surface area contributed by atoms with Gasteiger partial charge in [-0.2, -0.15) is 18.4 Å². The van der Waals surface area contributed by atoms with Gasteiger partial charge in [0.05, 0.1) is 19.2 Å². The second-order valence-corrected chi connectivity index (χ2v) is 4.55. The Morgan fingerprint density at radius 2 is 2.10 bits per heavy atom. The molecule has 0 spiro atoms. The van der Waals surface area contributed by atoms with Crippen LogP contribution in [0.15, 0.2) is 18.2 Å². The summed E-state index contributed by atoms with van der Waals surface area (Å²) in [6.07, 6.45) is -4.04. The summed E-state index contributed by atoms with van der Waals surface area (Å²) in [4.78, 5) is 1.19. The number of alkyl halides is 3. The predicted octanol–water partition coefficient (Wildman–Crippen LogP) is 2.31. The van der Waals surface area contributed by atoms with Crippen molar-refractivity contribution in [1.82, 2.24) is 4.90 Å². The Kier molecular flexibility index (Phi) is 6.46. The van der Waals surface area contributed by atoms with E-state index in [1.807, 2.05) is 6.07 Å². The zero-order chi connectivity index (χ0) is 15.9. The first-order valence-electron chi connectivity index (χ1n) is 6.36. The zero-order valence-electron chi connectivity index (χ0n) is 11.7. The average Bonchev–Trinajstić information content (AvgIpc) is 2.43. The lowest BCUT2D eigenvalue weighted by Crippen LogP contribution is -2.34. The van der Waals surface area contributed by atoms with E-state index in [2.05, 4.69) is 0 Å². The quantitative estimate of drug-likeness (QED) is 0.840. The molecule has 1 aromatic carbocycles. The van der Waals surface area contributed by atoms with Gasteiger partial charge in [0, 0.05) is 19.7 Å². The molecule has 0 aliphatic carbocycles. The summed E-state index contributed by atoms with van der Waals surface area (Å²) in [6.45, 7) is -1.04. The van der Waals surface area contributed by atoms with Crippen molar-refractivity contribution in [3.63, 3.8) is 0 Å². The first-order valence-corrected chi connectivity index (χ1v) is 6.36.